The van der Waals surface area contributed by atoms with Crippen molar-refractivity contribution in [1.29, 1.82) is 0 Å². The average molecular weight is 465 g/mol. The zero-order chi connectivity index (χ0) is 21.9. The van der Waals surface area contributed by atoms with Crippen LogP contribution < -0.4 is 20.7 Å². The number of amides is 2. The summed E-state index contributed by atoms with van der Waals surface area (Å²) in [5.74, 6) is 0.359. The fraction of sp³-hybridized carbons (Fsp3) is 0.318. The van der Waals surface area contributed by atoms with Crippen LogP contribution in [-0.2, 0) is 4.79 Å². The van der Waals surface area contributed by atoms with Gasteiger partial charge in [-0.05, 0) is 94.2 Å². The number of nitrogens with zero attached hydrogens (tertiary/aromatic N) is 1. The van der Waals surface area contributed by atoms with Gasteiger partial charge in [-0.25, -0.2) is 0 Å². The van der Waals surface area contributed by atoms with Gasteiger partial charge in [-0.1, -0.05) is 0 Å². The number of anilines is 2. The summed E-state index contributed by atoms with van der Waals surface area (Å²) < 4.78 is 5.08. The minimum atomic E-state index is -0.312. The van der Waals surface area contributed by atoms with Gasteiger partial charge in [0.25, 0.3) is 5.91 Å². The summed E-state index contributed by atoms with van der Waals surface area (Å²) in [4.78, 5) is 26.3. The molecule has 0 bridgehead atoms. The van der Waals surface area contributed by atoms with Gasteiger partial charge in [-0.15, -0.1) is 12.4 Å². The van der Waals surface area contributed by atoms with Crippen LogP contribution in [0.15, 0.2) is 48.5 Å². The maximum absolute atomic E-state index is 12.2. The van der Waals surface area contributed by atoms with E-state index in [2.05, 4.69) is 20.9 Å². The molecule has 7 nitrogen and oxygen atoms in total. The van der Waals surface area contributed by atoms with Gasteiger partial charge in [0.1, 0.15) is 5.75 Å². The smallest absolute Gasteiger partial charge is 0.257 e. The van der Waals surface area contributed by atoms with E-state index in [1.54, 1.807) is 55.6 Å². The number of thiocarbonyl (C=S) groups is 1. The largest absolute Gasteiger partial charge is 0.497 e. The molecule has 2 amide bonds. The Kier molecular flexibility index (Phi) is 11.6. The Hall–Kier alpha value is -2.68. The van der Waals surface area contributed by atoms with E-state index in [0.29, 0.717) is 29.1 Å². The van der Waals surface area contributed by atoms with E-state index < -0.39 is 0 Å². The van der Waals surface area contributed by atoms with E-state index >= 15 is 0 Å². The summed E-state index contributed by atoms with van der Waals surface area (Å²) in [6.45, 7) is 0.975. The van der Waals surface area contributed by atoms with Crippen LogP contribution in [0.1, 0.15) is 29.6 Å². The molecule has 9 heteroatoms. The van der Waals surface area contributed by atoms with Gasteiger partial charge in [-0.3, -0.25) is 14.9 Å². The highest BCUT2D eigenvalue weighted by atomic mass is 35.5. The minimum Gasteiger partial charge on any atom is -0.497 e. The molecule has 0 aliphatic carbocycles. The first-order valence-electron chi connectivity index (χ1n) is 9.68. The molecule has 0 aliphatic rings. The topological polar surface area (TPSA) is 82.7 Å². The molecule has 2 aromatic rings. The number of hydrogen-bond donors (Lipinski definition) is 3. The number of nitrogens with one attached hydrogen (secondary N) is 3. The molecule has 0 atom stereocenters. The molecule has 0 aromatic heterocycles. The van der Waals surface area contributed by atoms with Gasteiger partial charge < -0.3 is 20.3 Å². The van der Waals surface area contributed by atoms with E-state index in [0.717, 1.165) is 19.4 Å². The Morgan fingerprint density at radius 1 is 0.935 bits per heavy atom. The first-order valence-corrected chi connectivity index (χ1v) is 10.1. The van der Waals surface area contributed by atoms with Crippen LogP contribution in [0.25, 0.3) is 0 Å². The van der Waals surface area contributed by atoms with E-state index in [9.17, 15) is 9.59 Å². The van der Waals surface area contributed by atoms with Crippen LogP contribution in [-0.4, -0.2) is 49.6 Å². The lowest BCUT2D eigenvalue weighted by Crippen LogP contribution is -2.34. The molecule has 31 heavy (non-hydrogen) atoms. The molecule has 0 spiro atoms. The summed E-state index contributed by atoms with van der Waals surface area (Å²) in [6.07, 6.45) is 2.34. The third-order valence-electron chi connectivity index (χ3n) is 4.26. The minimum absolute atomic E-state index is 0. The molecule has 0 aliphatic heterocycles. The number of carbonyl (C=O) groups is 2. The molecule has 0 saturated heterocycles. The van der Waals surface area contributed by atoms with Crippen molar-refractivity contribution >= 4 is 52.9 Å². The molecule has 0 unspecified atom stereocenters. The lowest BCUT2D eigenvalue weighted by atomic mass is 10.2. The van der Waals surface area contributed by atoms with Crippen molar-refractivity contribution in [3.8, 4) is 5.75 Å². The zero-order valence-electron chi connectivity index (χ0n) is 17.9. The highest BCUT2D eigenvalue weighted by molar-refractivity contribution is 7.80. The number of unbranched alkanes of at least 4 members (excludes halogenated alkanes) is 1. The molecule has 0 radical (unpaired) electrons. The Balaban J connectivity index is 0.00000480. The average Bonchev–Trinajstić information content (AvgIpc) is 2.72. The van der Waals surface area contributed by atoms with Crippen LogP contribution in [0, 0.1) is 0 Å². The molecule has 3 N–H and O–H groups in total. The summed E-state index contributed by atoms with van der Waals surface area (Å²) >= 11 is 5.20. The maximum atomic E-state index is 12.2. The Bertz CT molecular complexity index is 858. The Morgan fingerprint density at radius 3 is 2.06 bits per heavy atom. The van der Waals surface area contributed by atoms with Crippen molar-refractivity contribution in [3.63, 3.8) is 0 Å². The normalized spacial score (nSPS) is 10.1. The highest BCUT2D eigenvalue weighted by Gasteiger charge is 2.08. The Labute approximate surface area is 194 Å². The molecule has 168 valence electrons. The summed E-state index contributed by atoms with van der Waals surface area (Å²) in [5.41, 5.74) is 1.90. The van der Waals surface area contributed by atoms with Gasteiger partial charge in [0.15, 0.2) is 5.11 Å². The van der Waals surface area contributed by atoms with E-state index in [4.69, 9.17) is 17.0 Å². The molecule has 2 rings (SSSR count). The Morgan fingerprint density at radius 2 is 1.52 bits per heavy atom. The third-order valence-corrected chi connectivity index (χ3v) is 4.47. The second-order valence-electron chi connectivity index (χ2n) is 7.02. The fourth-order valence-corrected chi connectivity index (χ4v) is 2.86. The monoisotopic (exact) mass is 464 g/mol. The van der Waals surface area contributed by atoms with E-state index in [-0.39, 0.29) is 29.3 Å². The molecular formula is C22H29ClN4O3S. The quantitative estimate of drug-likeness (QED) is 0.385. The number of methoxy groups -OCH3 is 1. The fourth-order valence-electron chi connectivity index (χ4n) is 2.65. The molecular weight excluding hydrogens is 436 g/mol. The van der Waals surface area contributed by atoms with Crippen molar-refractivity contribution < 1.29 is 14.3 Å². The van der Waals surface area contributed by atoms with Crippen molar-refractivity contribution in [1.82, 2.24) is 10.2 Å². The zero-order valence-corrected chi connectivity index (χ0v) is 19.6. The molecule has 0 fully saturated rings. The molecule has 2 aromatic carbocycles. The maximum Gasteiger partial charge on any atom is 0.257 e. The summed E-state index contributed by atoms with van der Waals surface area (Å²) in [7, 11) is 5.61. The lowest BCUT2D eigenvalue weighted by molar-refractivity contribution is -0.116. The number of rotatable bonds is 9. The van der Waals surface area contributed by atoms with Crippen molar-refractivity contribution in [2.24, 2.45) is 0 Å². The van der Waals surface area contributed by atoms with Gasteiger partial charge in [0.05, 0.1) is 7.11 Å². The van der Waals surface area contributed by atoms with Crippen molar-refractivity contribution in [2.45, 2.75) is 19.3 Å². The van der Waals surface area contributed by atoms with Crippen LogP contribution in [0.4, 0.5) is 11.4 Å². The van der Waals surface area contributed by atoms with Crippen LogP contribution in [0.3, 0.4) is 0 Å². The molecule has 0 saturated carbocycles. The predicted octanol–water partition coefficient (Wildman–Crippen LogP) is 3.91. The number of ether oxygens (including phenoxy) is 1. The lowest BCUT2D eigenvalue weighted by Gasteiger charge is -2.11. The number of benzene rings is 2. The van der Waals surface area contributed by atoms with E-state index in [1.165, 1.54) is 0 Å². The SMILES string of the molecule is COc1ccc(C(=O)NC(=S)Nc2ccc(NC(=O)CCCCN(C)C)cc2)cc1.Cl. The van der Waals surface area contributed by atoms with Gasteiger partial charge in [0, 0.05) is 23.4 Å². The predicted molar refractivity (Wildman–Crippen MR) is 131 cm³/mol. The van der Waals surface area contributed by atoms with Gasteiger partial charge in [0.2, 0.25) is 5.91 Å². The highest BCUT2D eigenvalue weighted by Crippen LogP contribution is 2.15. The van der Waals surface area contributed by atoms with Gasteiger partial charge >= 0.3 is 0 Å². The number of hydrogen-bond acceptors (Lipinski definition) is 5. The summed E-state index contributed by atoms with van der Waals surface area (Å²) in [5, 5.41) is 8.66. The van der Waals surface area contributed by atoms with Crippen molar-refractivity contribution in [3.05, 3.63) is 54.1 Å². The van der Waals surface area contributed by atoms with Crippen molar-refractivity contribution in [2.75, 3.05) is 38.4 Å². The number of carbonyl (C=O) groups excluding carboxylic acids is 2. The second-order valence-corrected chi connectivity index (χ2v) is 7.43. The third kappa shape index (κ3) is 9.78. The van der Waals surface area contributed by atoms with Gasteiger partial charge in [-0.2, -0.15) is 0 Å². The van der Waals surface area contributed by atoms with Crippen LogP contribution in [0.5, 0.6) is 5.75 Å². The second kappa shape index (κ2) is 13.6. The first-order chi connectivity index (χ1) is 14.4. The molecule has 0 heterocycles. The van der Waals surface area contributed by atoms with Crippen LogP contribution >= 0.6 is 24.6 Å². The summed E-state index contributed by atoms with van der Waals surface area (Å²) in [6, 6.07) is 13.9. The number of halogens is 1. The van der Waals surface area contributed by atoms with Crippen LogP contribution in [0.2, 0.25) is 0 Å². The standard InChI is InChI=1S/C22H28N4O3S.ClH/c1-26(2)15-5-4-6-20(27)23-17-9-11-18(12-10-17)24-22(30)25-21(28)16-7-13-19(29-3)14-8-16;/h7-14H,4-6,15H2,1-3H3,(H,23,27)(H2,24,25,28,30);1H. The first kappa shape index (κ1) is 26.4. The van der Waals surface area contributed by atoms with E-state index in [1.807, 2.05) is 14.1 Å².